The Hall–Kier alpha value is -2.86. The third kappa shape index (κ3) is 3.66. The van der Waals surface area contributed by atoms with Gasteiger partial charge in [0.1, 0.15) is 11.2 Å². The maximum absolute atomic E-state index is 12.4. The summed E-state index contributed by atoms with van der Waals surface area (Å²) in [5.41, 5.74) is 2.40. The molecule has 0 bridgehead atoms. The second-order valence-corrected chi connectivity index (χ2v) is 6.93. The van der Waals surface area contributed by atoms with Crippen LogP contribution in [-0.2, 0) is 14.3 Å². The van der Waals surface area contributed by atoms with Gasteiger partial charge in [0, 0.05) is 16.5 Å². The Morgan fingerprint density at radius 2 is 1.85 bits per heavy atom. The average molecular weight is 366 g/mol. The van der Waals surface area contributed by atoms with E-state index in [2.05, 4.69) is 10.2 Å². The molecule has 0 unspecified atom stereocenters. The lowest BCUT2D eigenvalue weighted by atomic mass is 9.97. The van der Waals surface area contributed by atoms with Gasteiger partial charge in [-0.25, -0.2) is 0 Å². The maximum Gasteiger partial charge on any atom is 0.308 e. The fraction of sp³-hybridized carbons (Fsp3) is 0.333. The number of likely N-dealkylation sites (tertiary alicyclic amines) is 1. The average Bonchev–Trinajstić information content (AvgIpc) is 3.06. The van der Waals surface area contributed by atoms with Gasteiger partial charge in [0.05, 0.1) is 19.6 Å². The second-order valence-electron chi connectivity index (χ2n) is 6.93. The summed E-state index contributed by atoms with van der Waals surface area (Å²) in [5.74, 6) is -0.260. The summed E-state index contributed by atoms with van der Waals surface area (Å²) < 4.78 is 10.6. The van der Waals surface area contributed by atoms with E-state index < -0.39 is 0 Å². The first-order valence-electron chi connectivity index (χ1n) is 9.15. The molecule has 2 aromatic carbocycles. The lowest BCUT2D eigenvalue weighted by Crippen LogP contribution is -2.41. The summed E-state index contributed by atoms with van der Waals surface area (Å²) in [7, 11) is 1.42. The Labute approximate surface area is 157 Å². The number of nitrogens with one attached hydrogen (secondary N) is 1. The van der Waals surface area contributed by atoms with E-state index in [-0.39, 0.29) is 17.8 Å². The molecule has 0 radical (unpaired) electrons. The van der Waals surface area contributed by atoms with E-state index >= 15 is 0 Å². The molecule has 1 aromatic heterocycles. The summed E-state index contributed by atoms with van der Waals surface area (Å²) >= 11 is 0. The molecular formula is C21H22N2O4. The van der Waals surface area contributed by atoms with Crippen LogP contribution in [0.15, 0.2) is 46.9 Å². The number of rotatable bonds is 4. The Balaban J connectivity index is 1.40. The van der Waals surface area contributed by atoms with Crippen molar-refractivity contribution in [2.45, 2.75) is 12.8 Å². The molecule has 1 aliphatic heterocycles. The number of esters is 1. The minimum atomic E-state index is -0.153. The number of hydrogen-bond acceptors (Lipinski definition) is 5. The van der Waals surface area contributed by atoms with Gasteiger partial charge in [0.25, 0.3) is 0 Å². The lowest BCUT2D eigenvalue weighted by molar-refractivity contribution is -0.147. The number of anilines is 1. The van der Waals surface area contributed by atoms with Crippen molar-refractivity contribution >= 4 is 39.5 Å². The van der Waals surface area contributed by atoms with Gasteiger partial charge >= 0.3 is 5.97 Å². The number of benzene rings is 2. The highest BCUT2D eigenvalue weighted by atomic mass is 16.5. The number of furan rings is 1. The highest BCUT2D eigenvalue weighted by molar-refractivity contribution is 6.07. The van der Waals surface area contributed by atoms with E-state index in [4.69, 9.17) is 9.15 Å². The van der Waals surface area contributed by atoms with Crippen molar-refractivity contribution in [2.75, 3.05) is 32.1 Å². The topological polar surface area (TPSA) is 71.8 Å². The highest BCUT2D eigenvalue weighted by Gasteiger charge is 2.26. The zero-order valence-corrected chi connectivity index (χ0v) is 15.2. The minimum Gasteiger partial charge on any atom is -0.469 e. The molecule has 1 N–H and O–H groups in total. The van der Waals surface area contributed by atoms with Gasteiger partial charge in [0.15, 0.2) is 0 Å². The van der Waals surface area contributed by atoms with E-state index in [1.165, 1.54) is 7.11 Å². The van der Waals surface area contributed by atoms with E-state index in [1.807, 2.05) is 42.5 Å². The second kappa shape index (κ2) is 7.40. The monoisotopic (exact) mass is 366 g/mol. The summed E-state index contributed by atoms with van der Waals surface area (Å²) in [6, 6.07) is 13.5. The van der Waals surface area contributed by atoms with Crippen LogP contribution in [0, 0.1) is 5.92 Å². The van der Waals surface area contributed by atoms with E-state index in [9.17, 15) is 9.59 Å². The molecule has 1 aliphatic rings. The molecule has 1 fully saturated rings. The molecule has 3 aromatic rings. The molecule has 0 saturated carbocycles. The summed E-state index contributed by atoms with van der Waals surface area (Å²) in [5, 5.41) is 4.99. The number of fused-ring (bicyclic) bond motifs is 3. The normalized spacial score (nSPS) is 15.9. The third-order valence-corrected chi connectivity index (χ3v) is 5.15. The number of nitrogens with zero attached hydrogens (tertiary/aromatic N) is 1. The molecule has 140 valence electrons. The third-order valence-electron chi connectivity index (χ3n) is 5.15. The SMILES string of the molecule is COC(=O)C1CCN(CC(=O)Nc2ccc3oc4ccccc4c3c2)CC1. The van der Waals surface area contributed by atoms with Crippen molar-refractivity contribution in [1.82, 2.24) is 4.90 Å². The number of hydrogen-bond donors (Lipinski definition) is 1. The molecule has 1 saturated heterocycles. The fourth-order valence-electron chi connectivity index (χ4n) is 3.70. The zero-order chi connectivity index (χ0) is 18.8. The number of carbonyl (C=O) groups excluding carboxylic acids is 2. The van der Waals surface area contributed by atoms with Gasteiger partial charge in [-0.05, 0) is 50.2 Å². The van der Waals surface area contributed by atoms with Crippen LogP contribution >= 0.6 is 0 Å². The van der Waals surface area contributed by atoms with Crippen molar-refractivity contribution in [3.8, 4) is 0 Å². The van der Waals surface area contributed by atoms with Crippen molar-refractivity contribution < 1.29 is 18.7 Å². The lowest BCUT2D eigenvalue weighted by Gasteiger charge is -2.29. The molecular weight excluding hydrogens is 344 g/mol. The molecule has 1 amide bonds. The standard InChI is InChI=1S/C21H22N2O4/c1-26-21(25)14-8-10-23(11-9-14)13-20(24)22-15-6-7-19-17(12-15)16-4-2-3-5-18(16)27-19/h2-7,12,14H,8-11,13H2,1H3,(H,22,24). The van der Waals surface area contributed by atoms with Crippen molar-refractivity contribution in [3.05, 3.63) is 42.5 Å². The quantitative estimate of drug-likeness (QED) is 0.717. The number of carbonyl (C=O) groups is 2. The molecule has 0 spiro atoms. The molecule has 0 aliphatic carbocycles. The minimum absolute atomic E-state index is 0.0499. The van der Waals surface area contributed by atoms with Gasteiger partial charge in [0.2, 0.25) is 5.91 Å². The summed E-state index contributed by atoms with van der Waals surface area (Å²) in [6.07, 6.45) is 1.46. The van der Waals surface area contributed by atoms with Gasteiger partial charge in [-0.1, -0.05) is 18.2 Å². The van der Waals surface area contributed by atoms with E-state index in [0.29, 0.717) is 6.54 Å². The van der Waals surface area contributed by atoms with Gasteiger partial charge in [-0.15, -0.1) is 0 Å². The molecule has 6 nitrogen and oxygen atoms in total. The Kier molecular flexibility index (Phi) is 4.81. The fourth-order valence-corrected chi connectivity index (χ4v) is 3.70. The number of para-hydroxylation sites is 1. The zero-order valence-electron chi connectivity index (χ0n) is 15.2. The highest BCUT2D eigenvalue weighted by Crippen LogP contribution is 2.30. The van der Waals surface area contributed by atoms with Crippen LogP contribution in [0.5, 0.6) is 0 Å². The molecule has 27 heavy (non-hydrogen) atoms. The van der Waals surface area contributed by atoms with Crippen LogP contribution in [0.3, 0.4) is 0 Å². The van der Waals surface area contributed by atoms with Crippen LogP contribution in [0.1, 0.15) is 12.8 Å². The van der Waals surface area contributed by atoms with Gasteiger partial charge in [-0.2, -0.15) is 0 Å². The van der Waals surface area contributed by atoms with E-state index in [1.54, 1.807) is 0 Å². The Morgan fingerprint density at radius 1 is 1.11 bits per heavy atom. The van der Waals surface area contributed by atoms with E-state index in [0.717, 1.165) is 53.6 Å². The molecule has 6 heteroatoms. The van der Waals surface area contributed by atoms with Crippen LogP contribution in [0.4, 0.5) is 5.69 Å². The van der Waals surface area contributed by atoms with Crippen LogP contribution in [-0.4, -0.2) is 43.5 Å². The van der Waals surface area contributed by atoms with Crippen LogP contribution in [0.2, 0.25) is 0 Å². The van der Waals surface area contributed by atoms with Gasteiger partial charge in [-0.3, -0.25) is 14.5 Å². The number of methoxy groups -OCH3 is 1. The largest absolute Gasteiger partial charge is 0.469 e. The molecule has 4 rings (SSSR count). The maximum atomic E-state index is 12.4. The first kappa shape index (κ1) is 17.5. The summed E-state index contributed by atoms with van der Waals surface area (Å²) in [6.45, 7) is 1.76. The number of piperidine rings is 1. The number of amides is 1. The van der Waals surface area contributed by atoms with Gasteiger partial charge < -0.3 is 14.5 Å². The Morgan fingerprint density at radius 3 is 2.63 bits per heavy atom. The van der Waals surface area contributed by atoms with Crippen molar-refractivity contribution in [1.29, 1.82) is 0 Å². The number of ether oxygens (including phenoxy) is 1. The van der Waals surface area contributed by atoms with Crippen molar-refractivity contribution in [3.63, 3.8) is 0 Å². The Bertz CT molecular complexity index is 986. The summed E-state index contributed by atoms with van der Waals surface area (Å²) in [4.78, 5) is 26.1. The van der Waals surface area contributed by atoms with Crippen LogP contribution < -0.4 is 5.32 Å². The van der Waals surface area contributed by atoms with Crippen molar-refractivity contribution in [2.24, 2.45) is 5.92 Å². The predicted octanol–water partition coefficient (Wildman–Crippen LogP) is 3.41. The molecule has 2 heterocycles. The first-order valence-corrected chi connectivity index (χ1v) is 9.15. The smallest absolute Gasteiger partial charge is 0.308 e. The molecule has 0 atom stereocenters. The predicted molar refractivity (Wildman–Crippen MR) is 104 cm³/mol. The first-order chi connectivity index (χ1) is 13.1. The van der Waals surface area contributed by atoms with Crippen LogP contribution in [0.25, 0.3) is 21.9 Å².